The third-order valence-electron chi connectivity index (χ3n) is 5.23. The number of rotatable bonds is 4. The number of anilines is 1. The zero-order valence-electron chi connectivity index (χ0n) is 15.0. The Balaban J connectivity index is 1.39. The molecule has 2 saturated heterocycles. The average molecular weight is 383 g/mol. The summed E-state index contributed by atoms with van der Waals surface area (Å²) in [5, 5.41) is 6.63. The van der Waals surface area contributed by atoms with Gasteiger partial charge in [0.15, 0.2) is 5.65 Å². The lowest BCUT2D eigenvalue weighted by atomic mass is 10.0. The summed E-state index contributed by atoms with van der Waals surface area (Å²) >= 11 is 0. The van der Waals surface area contributed by atoms with Gasteiger partial charge in [0.05, 0.1) is 24.0 Å². The van der Waals surface area contributed by atoms with Gasteiger partial charge in [0, 0.05) is 57.4 Å². The molecular weight excluding hydrogens is 359 g/mol. The zero-order chi connectivity index (χ0) is 18.9. The fourth-order valence-corrected chi connectivity index (χ4v) is 3.80. The van der Waals surface area contributed by atoms with Gasteiger partial charge in [-0.3, -0.25) is 0 Å². The van der Waals surface area contributed by atoms with Crippen molar-refractivity contribution in [3.05, 3.63) is 30.2 Å². The van der Waals surface area contributed by atoms with Gasteiger partial charge in [-0.15, -0.1) is 0 Å². The number of nitrogens with one attached hydrogen (secondary N) is 2. The zero-order valence-corrected chi connectivity index (χ0v) is 15.0. The first-order chi connectivity index (χ1) is 13.0. The molecule has 2 aliphatic heterocycles. The maximum Gasteiger partial charge on any atom is 0.417 e. The maximum atomic E-state index is 13.2. The average Bonchev–Trinajstić information content (AvgIpc) is 3.12. The number of piperidine rings is 1. The smallest absolute Gasteiger partial charge is 0.379 e. The van der Waals surface area contributed by atoms with E-state index in [-0.39, 0.29) is 12.1 Å². The Bertz CT molecular complexity index is 764. The number of alkyl halides is 3. The molecule has 2 N–H and O–H groups in total. The molecule has 6 nitrogen and oxygen atoms in total. The number of ether oxygens (including phenoxy) is 1. The van der Waals surface area contributed by atoms with Crippen LogP contribution < -0.4 is 10.6 Å². The van der Waals surface area contributed by atoms with Gasteiger partial charge in [0.2, 0.25) is 0 Å². The topological polar surface area (TPSA) is 53.8 Å². The highest BCUT2D eigenvalue weighted by Crippen LogP contribution is 2.32. The molecule has 0 spiro atoms. The van der Waals surface area contributed by atoms with Gasteiger partial charge >= 0.3 is 6.18 Å². The highest BCUT2D eigenvalue weighted by molar-refractivity contribution is 5.69. The van der Waals surface area contributed by atoms with Crippen molar-refractivity contribution in [3.8, 4) is 0 Å². The third kappa shape index (κ3) is 4.36. The van der Waals surface area contributed by atoms with Crippen LogP contribution in [0, 0.1) is 0 Å². The minimum absolute atomic E-state index is 0.135. The SMILES string of the molecule is FC(F)(F)c1cc(NC2CCN(C[C@@H]3CNCCO3)CC2)c2nccn2c1. The molecule has 0 amide bonds. The Morgan fingerprint density at radius 2 is 2.11 bits per heavy atom. The predicted octanol–water partition coefficient (Wildman–Crippen LogP) is 2.22. The number of nitrogens with zero attached hydrogens (tertiary/aromatic N) is 3. The van der Waals surface area contributed by atoms with E-state index in [1.807, 2.05) is 0 Å². The van der Waals surface area contributed by atoms with Gasteiger partial charge in [-0.2, -0.15) is 13.2 Å². The molecule has 0 aromatic carbocycles. The second-order valence-electron chi connectivity index (χ2n) is 7.21. The van der Waals surface area contributed by atoms with E-state index in [9.17, 15) is 13.2 Å². The molecule has 4 rings (SSSR count). The fourth-order valence-electron chi connectivity index (χ4n) is 3.80. The van der Waals surface area contributed by atoms with Crippen molar-refractivity contribution >= 4 is 11.3 Å². The van der Waals surface area contributed by atoms with E-state index in [1.165, 1.54) is 16.8 Å². The van der Waals surface area contributed by atoms with Crippen molar-refractivity contribution in [2.75, 3.05) is 44.6 Å². The van der Waals surface area contributed by atoms with Gasteiger partial charge in [0.25, 0.3) is 0 Å². The summed E-state index contributed by atoms with van der Waals surface area (Å²) in [6.45, 7) is 5.23. The van der Waals surface area contributed by atoms with Crippen LogP contribution in [-0.2, 0) is 10.9 Å². The van der Waals surface area contributed by atoms with Crippen molar-refractivity contribution in [1.29, 1.82) is 0 Å². The Hall–Kier alpha value is -1.84. The second kappa shape index (κ2) is 7.65. The van der Waals surface area contributed by atoms with Gasteiger partial charge in [0.1, 0.15) is 0 Å². The van der Waals surface area contributed by atoms with Crippen LogP contribution in [0.25, 0.3) is 5.65 Å². The summed E-state index contributed by atoms with van der Waals surface area (Å²) in [5.41, 5.74) is 0.287. The van der Waals surface area contributed by atoms with Crippen molar-refractivity contribution in [3.63, 3.8) is 0 Å². The first-order valence-electron chi connectivity index (χ1n) is 9.34. The van der Waals surface area contributed by atoms with Gasteiger partial charge < -0.3 is 24.7 Å². The Morgan fingerprint density at radius 3 is 2.81 bits per heavy atom. The second-order valence-corrected chi connectivity index (χ2v) is 7.21. The molecule has 4 heterocycles. The lowest BCUT2D eigenvalue weighted by molar-refractivity contribution is -0.137. The number of pyridine rings is 1. The van der Waals surface area contributed by atoms with Crippen LogP contribution in [0.15, 0.2) is 24.7 Å². The normalized spacial score (nSPS) is 23.0. The molecule has 0 aliphatic carbocycles. The van der Waals surface area contributed by atoms with Crippen LogP contribution >= 0.6 is 0 Å². The number of fused-ring (bicyclic) bond motifs is 1. The van der Waals surface area contributed by atoms with Crippen molar-refractivity contribution < 1.29 is 17.9 Å². The monoisotopic (exact) mass is 383 g/mol. The number of hydrogen-bond acceptors (Lipinski definition) is 5. The molecule has 27 heavy (non-hydrogen) atoms. The number of aromatic nitrogens is 2. The number of likely N-dealkylation sites (tertiary alicyclic amines) is 1. The van der Waals surface area contributed by atoms with Crippen LogP contribution in [0.1, 0.15) is 18.4 Å². The fraction of sp³-hybridized carbons (Fsp3) is 0.611. The number of hydrogen-bond donors (Lipinski definition) is 2. The van der Waals surface area contributed by atoms with E-state index < -0.39 is 11.7 Å². The summed E-state index contributed by atoms with van der Waals surface area (Å²) in [5.74, 6) is 0. The Labute approximate surface area is 155 Å². The minimum Gasteiger partial charge on any atom is -0.379 e. The van der Waals surface area contributed by atoms with Crippen molar-refractivity contribution in [2.24, 2.45) is 0 Å². The third-order valence-corrected chi connectivity index (χ3v) is 5.23. The van der Waals surface area contributed by atoms with Gasteiger partial charge in [-0.05, 0) is 18.9 Å². The Morgan fingerprint density at radius 1 is 1.30 bits per heavy atom. The maximum absolute atomic E-state index is 13.2. The van der Waals surface area contributed by atoms with Crippen LogP contribution in [0.5, 0.6) is 0 Å². The molecule has 0 unspecified atom stereocenters. The van der Waals surface area contributed by atoms with E-state index in [2.05, 4.69) is 20.5 Å². The number of halogens is 3. The molecule has 9 heteroatoms. The van der Waals surface area contributed by atoms with E-state index in [1.54, 1.807) is 0 Å². The lowest BCUT2D eigenvalue weighted by Crippen LogP contribution is -2.48. The molecule has 0 saturated carbocycles. The minimum atomic E-state index is -4.38. The van der Waals surface area contributed by atoms with E-state index in [4.69, 9.17) is 4.74 Å². The molecule has 1 atom stereocenters. The van der Waals surface area contributed by atoms with E-state index in [0.717, 1.165) is 64.4 Å². The predicted molar refractivity (Wildman–Crippen MR) is 95.9 cm³/mol. The molecule has 2 aromatic rings. The summed E-state index contributed by atoms with van der Waals surface area (Å²) < 4.78 is 46.7. The highest BCUT2D eigenvalue weighted by atomic mass is 19.4. The van der Waals surface area contributed by atoms with E-state index in [0.29, 0.717) is 11.3 Å². The molecule has 2 aliphatic rings. The first-order valence-corrected chi connectivity index (χ1v) is 9.34. The number of imidazole rings is 1. The molecule has 0 bridgehead atoms. The Kier molecular flexibility index (Phi) is 5.25. The molecule has 148 valence electrons. The molecular formula is C18H24F3N5O. The van der Waals surface area contributed by atoms with Crippen LogP contribution in [0.3, 0.4) is 0 Å². The van der Waals surface area contributed by atoms with Crippen LogP contribution in [0.2, 0.25) is 0 Å². The van der Waals surface area contributed by atoms with Gasteiger partial charge in [-0.25, -0.2) is 4.98 Å². The summed E-state index contributed by atoms with van der Waals surface area (Å²) in [6.07, 6.45) is 1.72. The van der Waals surface area contributed by atoms with Crippen molar-refractivity contribution in [1.82, 2.24) is 19.6 Å². The summed E-state index contributed by atoms with van der Waals surface area (Å²) in [4.78, 5) is 6.57. The largest absolute Gasteiger partial charge is 0.417 e. The molecule has 0 radical (unpaired) electrons. The van der Waals surface area contributed by atoms with Gasteiger partial charge in [-0.1, -0.05) is 0 Å². The molecule has 2 aromatic heterocycles. The highest BCUT2D eigenvalue weighted by Gasteiger charge is 2.32. The number of morpholine rings is 1. The van der Waals surface area contributed by atoms with Crippen LogP contribution in [-0.4, -0.2) is 65.8 Å². The standard InChI is InChI=1S/C18H24F3N5O/c19-18(20,21)13-9-16(17-23-3-7-26(17)11-13)24-14-1-5-25(6-2-14)12-15-10-22-4-8-27-15/h3,7,9,11,14-15,22,24H,1-2,4-6,8,10,12H2/t15-/m0/s1. The van der Waals surface area contributed by atoms with Crippen LogP contribution in [0.4, 0.5) is 18.9 Å². The quantitative estimate of drug-likeness (QED) is 0.848. The molecule has 2 fully saturated rings. The van der Waals surface area contributed by atoms with E-state index >= 15 is 0 Å². The summed E-state index contributed by atoms with van der Waals surface area (Å²) in [6, 6.07) is 1.30. The summed E-state index contributed by atoms with van der Waals surface area (Å²) in [7, 11) is 0. The first kappa shape index (κ1) is 18.5. The lowest BCUT2D eigenvalue weighted by Gasteiger charge is -2.36. The van der Waals surface area contributed by atoms with Crippen molar-refractivity contribution in [2.45, 2.75) is 31.2 Å².